The van der Waals surface area contributed by atoms with Gasteiger partial charge in [-0.1, -0.05) is 0 Å². The molecule has 4 bridgehead atoms. The summed E-state index contributed by atoms with van der Waals surface area (Å²) in [5, 5.41) is 10.3. The molecule has 0 aliphatic carbocycles. The van der Waals surface area contributed by atoms with Crippen LogP contribution in [0.25, 0.3) is 11.1 Å². The third kappa shape index (κ3) is 4.37. The Kier molecular flexibility index (Phi) is 5.89. The Morgan fingerprint density at radius 3 is 2.56 bits per heavy atom. The van der Waals surface area contributed by atoms with Gasteiger partial charge >= 0.3 is 12.1 Å². The van der Waals surface area contributed by atoms with Crippen LogP contribution < -0.4 is 9.46 Å². The summed E-state index contributed by atoms with van der Waals surface area (Å²) in [4.78, 5) is 19.4. The normalized spacial score (nSPS) is 15.0. The summed E-state index contributed by atoms with van der Waals surface area (Å²) in [6.07, 6.45) is -2.59. The predicted molar refractivity (Wildman–Crippen MR) is 115 cm³/mol. The number of benzene rings is 1. The van der Waals surface area contributed by atoms with Gasteiger partial charge in [0.2, 0.25) is 5.88 Å². The number of nitrogens with zero attached hydrogens (tertiary/aromatic N) is 2. The predicted octanol–water partition coefficient (Wildman–Crippen LogP) is 4.11. The number of fused-ring (bicyclic) bond motifs is 6. The van der Waals surface area contributed by atoms with E-state index in [0.717, 1.165) is 24.4 Å². The summed E-state index contributed by atoms with van der Waals surface area (Å²) in [5.41, 5.74) is -1.41. The Morgan fingerprint density at radius 1 is 1.15 bits per heavy atom. The maximum absolute atomic E-state index is 13.3. The van der Waals surface area contributed by atoms with E-state index in [4.69, 9.17) is 9.47 Å². The molecule has 2 N–H and O–H groups in total. The molecule has 1 aliphatic heterocycles. The molecule has 9 nitrogen and oxygen atoms in total. The Morgan fingerprint density at radius 2 is 1.88 bits per heavy atom. The smallest absolute Gasteiger partial charge is 0.433 e. The van der Waals surface area contributed by atoms with Gasteiger partial charge in [-0.15, -0.1) is 0 Å². The lowest BCUT2D eigenvalue weighted by atomic mass is 10.0. The van der Waals surface area contributed by atoms with E-state index in [0.29, 0.717) is 0 Å². The van der Waals surface area contributed by atoms with Gasteiger partial charge < -0.3 is 14.6 Å². The zero-order chi connectivity index (χ0) is 24.8. The van der Waals surface area contributed by atoms with E-state index in [1.54, 1.807) is 0 Å². The van der Waals surface area contributed by atoms with Gasteiger partial charge in [0.1, 0.15) is 28.6 Å². The molecule has 0 fully saturated rings. The monoisotopic (exact) mass is 559 g/mol. The Hall–Kier alpha value is -3.39. The molecule has 0 saturated heterocycles. The fourth-order valence-electron chi connectivity index (χ4n) is 3.19. The number of methoxy groups -OCH3 is 1. The summed E-state index contributed by atoms with van der Waals surface area (Å²) in [7, 11) is -3.26. The van der Waals surface area contributed by atoms with Gasteiger partial charge in [-0.25, -0.2) is 18.2 Å². The molecule has 3 heterocycles. The molecular weight excluding hydrogens is 547 g/mol. The molecule has 0 saturated carbocycles. The number of rotatable bonds is 1. The number of carbonyl (C=O) groups excluding carboxylic acids is 1. The number of sulfonamides is 1. The van der Waals surface area contributed by atoms with Crippen molar-refractivity contribution in [1.29, 1.82) is 0 Å². The first-order chi connectivity index (χ1) is 15.9. The fourth-order valence-corrected chi connectivity index (χ4v) is 4.97. The molecule has 178 valence electrons. The number of nitrogens with one attached hydrogen (secondary N) is 1. The quantitative estimate of drug-likeness (QED) is 0.426. The highest BCUT2D eigenvalue weighted by molar-refractivity contribution is 9.10. The third-order valence-electron chi connectivity index (χ3n) is 4.79. The van der Waals surface area contributed by atoms with E-state index in [1.807, 2.05) is 0 Å². The van der Waals surface area contributed by atoms with Crippen LogP contribution in [0, 0.1) is 0 Å². The molecule has 14 heteroatoms. The first-order valence-electron chi connectivity index (χ1n) is 9.23. The van der Waals surface area contributed by atoms with Gasteiger partial charge in [0, 0.05) is 29.1 Å². The number of aromatic hydroxyl groups is 1. The van der Waals surface area contributed by atoms with Crippen LogP contribution in [-0.2, 0) is 27.5 Å². The number of alkyl halides is 3. The van der Waals surface area contributed by atoms with Gasteiger partial charge in [0.05, 0.1) is 17.1 Å². The molecule has 1 aliphatic rings. The van der Waals surface area contributed by atoms with Crippen LogP contribution in [0.3, 0.4) is 0 Å². The molecule has 0 spiro atoms. The van der Waals surface area contributed by atoms with Crippen molar-refractivity contribution in [2.24, 2.45) is 0 Å². The average molecular weight is 560 g/mol. The maximum atomic E-state index is 13.3. The van der Waals surface area contributed by atoms with Crippen LogP contribution in [-0.4, -0.2) is 36.6 Å². The highest BCUT2D eigenvalue weighted by atomic mass is 79.9. The number of esters is 1. The molecule has 0 unspecified atom stereocenters. The molecule has 34 heavy (non-hydrogen) atoms. The Balaban J connectivity index is 1.99. The van der Waals surface area contributed by atoms with Crippen molar-refractivity contribution in [1.82, 2.24) is 9.97 Å². The van der Waals surface area contributed by atoms with E-state index >= 15 is 0 Å². The molecule has 0 radical (unpaired) electrons. The summed E-state index contributed by atoms with van der Waals surface area (Å²) < 4.78 is 78.2. The largest absolute Gasteiger partial charge is 0.505 e. The Labute approximate surface area is 198 Å². The van der Waals surface area contributed by atoms with Crippen molar-refractivity contribution in [2.75, 3.05) is 11.8 Å². The number of aromatic nitrogens is 2. The van der Waals surface area contributed by atoms with E-state index in [9.17, 15) is 31.5 Å². The molecule has 0 amide bonds. The SMILES string of the molecule is COc1ncc2cc1NS(=O)(=O)c1cc(cc(Br)c1O)C(=O)OCc1cc(C(F)(F)F)ncc1-2. The minimum absolute atomic E-state index is 0.0474. The van der Waals surface area contributed by atoms with Crippen LogP contribution >= 0.6 is 15.9 Å². The van der Waals surface area contributed by atoms with Gasteiger partial charge in [-0.3, -0.25) is 9.71 Å². The number of ether oxygens (including phenoxy) is 2. The maximum Gasteiger partial charge on any atom is 0.433 e. The van der Waals surface area contributed by atoms with Crippen molar-refractivity contribution >= 4 is 37.6 Å². The van der Waals surface area contributed by atoms with Crippen molar-refractivity contribution in [3.63, 3.8) is 0 Å². The fraction of sp³-hybridized carbons (Fsp3) is 0.150. The van der Waals surface area contributed by atoms with Crippen LogP contribution in [0.2, 0.25) is 0 Å². The molecule has 1 aromatic carbocycles. The summed E-state index contributed by atoms with van der Waals surface area (Å²) in [5.74, 6) is -1.86. The highest BCUT2D eigenvalue weighted by Gasteiger charge is 2.33. The standard InChI is InChI=1S/C20H13BrF3N3O6S/c1-32-18-14-3-10(6-26-18)12-7-25-16(20(22,23)24)5-11(12)8-33-19(29)9-2-13(21)17(28)15(4-9)34(30,31)27-14/h2-7,27-28H,8H2,1H3. The first-order valence-corrected chi connectivity index (χ1v) is 11.5. The molecule has 3 aromatic rings. The van der Waals surface area contributed by atoms with Crippen LogP contribution in [0.1, 0.15) is 21.6 Å². The number of anilines is 1. The second-order valence-corrected chi connectivity index (χ2v) is 9.50. The zero-order valence-electron chi connectivity index (χ0n) is 17.0. The van der Waals surface area contributed by atoms with E-state index in [1.165, 1.54) is 19.4 Å². The van der Waals surface area contributed by atoms with Crippen molar-refractivity contribution in [3.8, 4) is 22.8 Å². The number of hydrogen-bond donors (Lipinski definition) is 2. The van der Waals surface area contributed by atoms with E-state index in [-0.39, 0.29) is 38.3 Å². The van der Waals surface area contributed by atoms with Gasteiger partial charge in [0.15, 0.2) is 0 Å². The van der Waals surface area contributed by atoms with Crippen LogP contribution in [0.15, 0.2) is 46.0 Å². The van der Waals surface area contributed by atoms with Gasteiger partial charge in [-0.05, 0) is 40.2 Å². The zero-order valence-corrected chi connectivity index (χ0v) is 19.4. The van der Waals surface area contributed by atoms with Crippen molar-refractivity contribution in [2.45, 2.75) is 17.7 Å². The number of carbonyl (C=O) groups is 1. The van der Waals surface area contributed by atoms with E-state index in [2.05, 4.69) is 30.6 Å². The van der Waals surface area contributed by atoms with Gasteiger partial charge in [-0.2, -0.15) is 13.2 Å². The number of pyridine rings is 2. The van der Waals surface area contributed by atoms with E-state index < -0.39 is 45.1 Å². The minimum Gasteiger partial charge on any atom is -0.505 e. The average Bonchev–Trinajstić information content (AvgIpc) is 2.77. The lowest BCUT2D eigenvalue weighted by Gasteiger charge is -2.15. The van der Waals surface area contributed by atoms with Gasteiger partial charge in [0.25, 0.3) is 10.0 Å². The number of cyclic esters (lactones) is 1. The first kappa shape index (κ1) is 23.8. The summed E-state index contributed by atoms with van der Waals surface area (Å²) in [6, 6.07) is 4.00. The molecular formula is C20H13BrF3N3O6S. The molecule has 2 aromatic heterocycles. The number of hydrogen-bond acceptors (Lipinski definition) is 8. The third-order valence-corrected chi connectivity index (χ3v) is 6.78. The number of phenols is 1. The van der Waals surface area contributed by atoms with Crippen LogP contribution in [0.5, 0.6) is 11.6 Å². The topological polar surface area (TPSA) is 128 Å². The van der Waals surface area contributed by atoms with Crippen molar-refractivity contribution in [3.05, 3.63) is 58.0 Å². The van der Waals surface area contributed by atoms with Crippen molar-refractivity contribution < 1.29 is 41.0 Å². The molecule has 0 atom stereocenters. The number of halogens is 4. The lowest BCUT2D eigenvalue weighted by Crippen LogP contribution is -2.15. The second-order valence-electron chi connectivity index (χ2n) is 6.99. The minimum atomic E-state index is -4.75. The highest BCUT2D eigenvalue weighted by Crippen LogP contribution is 2.38. The summed E-state index contributed by atoms with van der Waals surface area (Å²) >= 11 is 2.99. The summed E-state index contributed by atoms with van der Waals surface area (Å²) in [6.45, 7) is -0.588. The Bertz CT molecular complexity index is 1430. The molecule has 4 rings (SSSR count). The lowest BCUT2D eigenvalue weighted by molar-refractivity contribution is -0.141. The second kappa shape index (κ2) is 8.43. The van der Waals surface area contributed by atoms with Crippen LogP contribution in [0.4, 0.5) is 18.9 Å². The number of phenolic OH excluding ortho intramolecular Hbond substituents is 1.